The second kappa shape index (κ2) is 17.6. The molecule has 0 aromatic heterocycles. The molecule has 0 radical (unpaired) electrons. The first-order valence-electron chi connectivity index (χ1n) is 16.3. The molecule has 1 N–H and O–H groups in total. The summed E-state index contributed by atoms with van der Waals surface area (Å²) in [4.78, 5) is 14.5. The zero-order valence-electron chi connectivity index (χ0n) is 25.6. The fourth-order valence-electron chi connectivity index (χ4n) is 7.31. The summed E-state index contributed by atoms with van der Waals surface area (Å²) in [6.07, 6.45) is 13.8. The second-order valence-corrected chi connectivity index (χ2v) is 32.0. The number of nitrogens with one attached hydrogen (secondary N) is 1. The van der Waals surface area contributed by atoms with Crippen LogP contribution in [0.2, 0.25) is 0 Å². The van der Waals surface area contributed by atoms with Crippen molar-refractivity contribution in [3.05, 3.63) is 120 Å². The van der Waals surface area contributed by atoms with E-state index in [-0.39, 0.29) is 30.7 Å². The predicted molar refractivity (Wildman–Crippen MR) is 175 cm³/mol. The summed E-state index contributed by atoms with van der Waals surface area (Å²) in [5.74, 6) is -1.19. The standard InChI is InChI=1S/C13H25NO.C13H9.C12H11Si.2ClH.Hf/c14-13(15)12-10-8-6-4-2-1-3-5-7-9-11-12;1-3-7-12-10(5-1)9-11-6-2-4-8-13(11)12;1-3-7-11(8-4-1)13-12-9-5-2-6-10-12;;;/h12H,1-11H2,(H2,14,15);1-9H;1-10,13H;2*1H;/q;;;;;+3/p-3. The van der Waals surface area contributed by atoms with Gasteiger partial charge in [-0.05, 0) is 0 Å². The van der Waals surface area contributed by atoms with Gasteiger partial charge in [0.25, 0.3) is 0 Å². The summed E-state index contributed by atoms with van der Waals surface area (Å²) in [5, 5.41) is 2.96. The van der Waals surface area contributed by atoms with Gasteiger partial charge in [-0.2, -0.15) is 0 Å². The van der Waals surface area contributed by atoms with E-state index in [2.05, 4.69) is 112 Å². The van der Waals surface area contributed by atoms with Gasteiger partial charge in [-0.3, -0.25) is 0 Å². The number of amides is 1. The molecule has 0 aliphatic heterocycles. The van der Waals surface area contributed by atoms with Gasteiger partial charge in [0, 0.05) is 0 Å². The molecule has 229 valence electrons. The van der Waals surface area contributed by atoms with Crippen LogP contribution >= 0.6 is 0 Å². The number of fused-ring (bicyclic) bond motifs is 3. The van der Waals surface area contributed by atoms with Gasteiger partial charge in [0.1, 0.15) is 0 Å². The molecular formula is C38H44Cl2HfNOSi. The molecule has 44 heavy (non-hydrogen) atoms. The Labute approximate surface area is 285 Å². The van der Waals surface area contributed by atoms with Gasteiger partial charge in [0.05, 0.1) is 0 Å². The third-order valence-electron chi connectivity index (χ3n) is 9.47. The molecule has 2 nitrogen and oxygen atoms in total. The van der Waals surface area contributed by atoms with E-state index in [1.807, 2.05) is 0 Å². The van der Waals surface area contributed by atoms with Crippen LogP contribution in [-0.2, 0) is 25.7 Å². The molecule has 2 aliphatic carbocycles. The fourth-order valence-corrected chi connectivity index (χ4v) is 37.7. The average molecular weight is 808 g/mol. The van der Waals surface area contributed by atoms with Crippen LogP contribution in [0.15, 0.2) is 109 Å². The van der Waals surface area contributed by atoms with Crippen LogP contribution in [0, 0.1) is 5.92 Å². The summed E-state index contributed by atoms with van der Waals surface area (Å²) in [7, 11) is 0. The minimum Gasteiger partial charge on any atom is -1.00 e. The van der Waals surface area contributed by atoms with Crippen LogP contribution < -0.4 is 38.5 Å². The van der Waals surface area contributed by atoms with Crippen molar-refractivity contribution in [2.45, 2.75) is 74.3 Å². The number of benzene rings is 4. The Morgan fingerprint density at radius 2 is 0.932 bits per heavy atom. The number of rotatable bonds is 6. The van der Waals surface area contributed by atoms with Crippen LogP contribution in [0.4, 0.5) is 0 Å². The number of carbonyl (C=O) groups excluding carboxylic acids is 1. The van der Waals surface area contributed by atoms with E-state index in [0.717, 1.165) is 12.8 Å². The largest absolute Gasteiger partial charge is 1.00 e. The smallest absolute Gasteiger partial charge is 1.00 e. The van der Waals surface area contributed by atoms with E-state index in [1.165, 1.54) is 90.4 Å². The van der Waals surface area contributed by atoms with Gasteiger partial charge in [-0.1, -0.05) is 0 Å². The Morgan fingerprint density at radius 3 is 1.39 bits per heavy atom. The summed E-state index contributed by atoms with van der Waals surface area (Å²) in [5.41, 5.74) is 5.64. The van der Waals surface area contributed by atoms with Crippen molar-refractivity contribution in [1.29, 1.82) is 0 Å². The number of carbonyl (C=O) groups is 1. The van der Waals surface area contributed by atoms with Gasteiger partial charge in [-0.25, -0.2) is 0 Å². The van der Waals surface area contributed by atoms with Crippen molar-refractivity contribution in [1.82, 2.24) is 3.30 Å². The van der Waals surface area contributed by atoms with Crippen molar-refractivity contribution < 1.29 is 50.5 Å². The Hall–Kier alpha value is -1.98. The zero-order valence-corrected chi connectivity index (χ0v) is 31.8. The number of halogens is 2. The van der Waals surface area contributed by atoms with Crippen molar-refractivity contribution in [2.75, 3.05) is 0 Å². The molecule has 6 rings (SSSR count). The molecular weight excluding hydrogens is 764 g/mol. The van der Waals surface area contributed by atoms with Gasteiger partial charge in [0.2, 0.25) is 0 Å². The van der Waals surface area contributed by atoms with Crippen molar-refractivity contribution >= 4 is 22.3 Å². The number of hydrogen-bond acceptors (Lipinski definition) is 1. The first-order chi connectivity index (χ1) is 20.8. The molecule has 0 atom stereocenters. The molecule has 0 heterocycles. The van der Waals surface area contributed by atoms with E-state index in [0.29, 0.717) is 9.58 Å². The molecule has 6 heteroatoms. The van der Waals surface area contributed by atoms with E-state index >= 15 is 0 Å². The molecule has 0 saturated heterocycles. The summed E-state index contributed by atoms with van der Waals surface area (Å²) < 4.78 is 4.40. The Bertz CT molecular complexity index is 1350. The maximum atomic E-state index is 14.5. The van der Waals surface area contributed by atoms with Crippen LogP contribution in [0.25, 0.3) is 11.1 Å². The van der Waals surface area contributed by atoms with Crippen LogP contribution in [0.1, 0.15) is 85.4 Å². The Kier molecular flexibility index (Phi) is 14.0. The first-order valence-corrected chi connectivity index (χ1v) is 28.1. The summed E-state index contributed by atoms with van der Waals surface area (Å²) in [6.45, 7) is 0. The third kappa shape index (κ3) is 8.23. The predicted octanol–water partition coefficient (Wildman–Crippen LogP) is 1.87. The molecule has 0 unspecified atom stereocenters. The summed E-state index contributed by atoms with van der Waals surface area (Å²) in [6, 6.07) is 40.5. The Morgan fingerprint density at radius 1 is 0.545 bits per heavy atom. The van der Waals surface area contributed by atoms with Gasteiger partial charge in [0.15, 0.2) is 0 Å². The van der Waals surface area contributed by atoms with E-state index in [4.69, 9.17) is 0 Å². The molecule has 4 aromatic carbocycles. The maximum Gasteiger partial charge on any atom is -1.00 e. The minimum absolute atomic E-state index is 0. The van der Waals surface area contributed by atoms with Crippen LogP contribution in [0.3, 0.4) is 0 Å². The van der Waals surface area contributed by atoms with Gasteiger partial charge < -0.3 is 24.8 Å². The quantitative estimate of drug-likeness (QED) is 0.297. The van der Waals surface area contributed by atoms with Crippen LogP contribution in [-0.4, -0.2) is 11.9 Å². The molecule has 2 aliphatic rings. The van der Waals surface area contributed by atoms with Gasteiger partial charge in [-0.15, -0.1) is 0 Å². The van der Waals surface area contributed by atoms with Crippen LogP contribution in [0.5, 0.6) is 0 Å². The van der Waals surface area contributed by atoms with E-state index < -0.39 is 26.9 Å². The van der Waals surface area contributed by atoms with Crippen molar-refractivity contribution in [3.63, 3.8) is 0 Å². The molecule has 1 amide bonds. The van der Waals surface area contributed by atoms with Crippen molar-refractivity contribution in [2.24, 2.45) is 5.92 Å². The van der Waals surface area contributed by atoms with E-state index in [9.17, 15) is 4.79 Å². The second-order valence-electron chi connectivity index (χ2n) is 12.3. The zero-order chi connectivity index (χ0) is 28.6. The normalized spacial score (nSPS) is 15.8. The molecule has 0 bridgehead atoms. The molecule has 0 spiro atoms. The summed E-state index contributed by atoms with van der Waals surface area (Å²) >= 11 is -3.05. The fraction of sp³-hybridized carbons (Fsp3) is 0.342. The average Bonchev–Trinajstić information content (AvgIpc) is 3.36. The molecule has 4 aromatic rings. The Balaban J connectivity index is 0.00000221. The number of hydrogen-bond donors (Lipinski definition) is 1. The topological polar surface area (TPSA) is 29.1 Å². The molecule has 1 saturated carbocycles. The minimum atomic E-state index is -3.05. The molecule has 1 fully saturated rings. The van der Waals surface area contributed by atoms with Crippen molar-refractivity contribution in [3.8, 4) is 11.1 Å². The monoisotopic (exact) mass is 808 g/mol. The SMILES string of the molecule is O=C([NH][Hf+2]([CH]1c2ccccc2-c2ccccc21)[SiH](c1ccccc1)c1ccccc1)C1CCCCCCCCCCC1.[Cl-].[Cl-]. The van der Waals surface area contributed by atoms with Gasteiger partial charge >= 0.3 is 263 Å². The first kappa shape index (κ1) is 34.9. The van der Waals surface area contributed by atoms with E-state index in [1.54, 1.807) is 0 Å². The third-order valence-corrected chi connectivity index (χ3v) is 36.4. The maximum absolute atomic E-state index is 14.5.